The maximum absolute atomic E-state index is 6.27. The van der Waals surface area contributed by atoms with Gasteiger partial charge in [0.1, 0.15) is 5.58 Å². The van der Waals surface area contributed by atoms with E-state index in [1.54, 1.807) is 0 Å². The molecule has 0 aliphatic heterocycles. The van der Waals surface area contributed by atoms with Crippen LogP contribution in [-0.4, -0.2) is 7.71 Å². The van der Waals surface area contributed by atoms with Gasteiger partial charge in [0.15, 0.2) is 0 Å². The summed E-state index contributed by atoms with van der Waals surface area (Å²) in [6, 6.07) is 37.1. The van der Waals surface area contributed by atoms with Crippen molar-refractivity contribution in [3.05, 3.63) is 109 Å². The zero-order valence-electron chi connectivity index (χ0n) is 20.8. The number of hydrogen-bond acceptors (Lipinski definition) is 2. The van der Waals surface area contributed by atoms with Crippen molar-refractivity contribution in [1.29, 1.82) is 0 Å². The van der Waals surface area contributed by atoms with Crippen molar-refractivity contribution < 1.29 is 25.9 Å². The number of hydrogen-bond donors (Lipinski definition) is 1. The molecule has 2 aromatic heterocycles. The van der Waals surface area contributed by atoms with E-state index in [-0.39, 0.29) is 21.5 Å². The quantitative estimate of drug-likeness (QED) is 0.192. The Hall–Kier alpha value is -3.77. The molecule has 2 heterocycles. The Labute approximate surface area is 226 Å². The molecule has 0 saturated carbocycles. The topological polar surface area (TPSA) is 30.1 Å². The predicted molar refractivity (Wildman–Crippen MR) is 153 cm³/mol. The fourth-order valence-electron chi connectivity index (χ4n) is 5.35. The Morgan fingerprint density at radius 1 is 0.703 bits per heavy atom. The van der Waals surface area contributed by atoms with Gasteiger partial charge in [-0.3, -0.25) is 0 Å². The summed E-state index contributed by atoms with van der Waals surface area (Å²) in [5.41, 5.74) is 10.3. The maximum atomic E-state index is 6.27. The number of aryl methyl sites for hydroxylation is 1. The summed E-state index contributed by atoms with van der Waals surface area (Å²) < 4.78 is 8.78. The summed E-state index contributed by atoms with van der Waals surface area (Å²) in [7, 11) is 0. The van der Waals surface area contributed by atoms with E-state index in [0.29, 0.717) is 0 Å². The van der Waals surface area contributed by atoms with Gasteiger partial charge in [0.25, 0.3) is 0 Å². The number of fused-ring (bicyclic) bond motifs is 6. The van der Waals surface area contributed by atoms with Crippen LogP contribution in [0.3, 0.4) is 0 Å². The molecule has 0 fully saturated rings. The number of benzene rings is 5. The number of aromatic nitrogens is 1. The third-order valence-corrected chi connectivity index (χ3v) is 9.25. The van der Waals surface area contributed by atoms with Crippen molar-refractivity contribution in [3.8, 4) is 11.1 Å². The average Bonchev–Trinajstić information content (AvgIpc) is 3.48. The third kappa shape index (κ3) is 3.70. The van der Waals surface area contributed by atoms with Crippen LogP contribution >= 0.6 is 0 Å². The van der Waals surface area contributed by atoms with Gasteiger partial charge in [-0.05, 0) is 24.1 Å². The van der Waals surface area contributed by atoms with Crippen LogP contribution in [0.5, 0.6) is 0 Å². The zero-order chi connectivity index (χ0) is 24.9. The van der Waals surface area contributed by atoms with E-state index >= 15 is 0 Å². The van der Waals surface area contributed by atoms with Crippen LogP contribution in [0.2, 0.25) is 0 Å². The van der Waals surface area contributed by atoms with Gasteiger partial charge in [0, 0.05) is 10.8 Å². The van der Waals surface area contributed by atoms with E-state index < -0.39 is 0 Å². The molecule has 5 aromatic carbocycles. The van der Waals surface area contributed by atoms with Crippen LogP contribution in [-0.2, 0) is 6.42 Å². The Morgan fingerprint density at radius 3 is 2.32 bits per heavy atom. The number of para-hydroxylation sites is 2. The van der Waals surface area contributed by atoms with Crippen molar-refractivity contribution in [2.75, 3.05) is 10.2 Å². The number of furan rings is 1. The first-order chi connectivity index (χ1) is 18.2. The molecule has 0 radical (unpaired) electrons. The summed E-state index contributed by atoms with van der Waals surface area (Å²) >= 11 is -0.0744. The van der Waals surface area contributed by atoms with E-state index in [2.05, 4.69) is 123 Å². The summed E-state index contributed by atoms with van der Waals surface area (Å²) in [6.07, 6.45) is 1.02. The first-order valence-corrected chi connectivity index (χ1v) is 15.7. The monoisotopic (exact) mass is 593 g/mol. The summed E-state index contributed by atoms with van der Waals surface area (Å²) in [6.45, 7) is 2.18. The minimum Gasteiger partial charge on any atom is -0.0593 e. The number of anilines is 2. The number of rotatable bonds is 5. The van der Waals surface area contributed by atoms with Gasteiger partial charge >= 0.3 is 157 Å². The van der Waals surface area contributed by atoms with Gasteiger partial charge in [-0.2, -0.15) is 0 Å². The SMILES string of the molecule is CCc1ccc2oc3c(Nc4ccc(-c5ccc6c(c5)c5ccccc5n6[I-]C)cc4)cccc3c2c1. The molecular weight excluding hydrogens is 567 g/mol. The summed E-state index contributed by atoms with van der Waals surface area (Å²) in [5.74, 6) is 0. The van der Waals surface area contributed by atoms with Gasteiger partial charge in [0.2, 0.25) is 0 Å². The zero-order valence-corrected chi connectivity index (χ0v) is 22.9. The fraction of sp³-hybridized carbons (Fsp3) is 0.0909. The molecule has 3 nitrogen and oxygen atoms in total. The molecule has 4 heteroatoms. The Morgan fingerprint density at radius 2 is 1.49 bits per heavy atom. The van der Waals surface area contributed by atoms with Crippen molar-refractivity contribution in [2.45, 2.75) is 13.3 Å². The number of alkyl halides is 1. The Bertz CT molecular complexity index is 1930. The van der Waals surface area contributed by atoms with Gasteiger partial charge in [-0.1, -0.05) is 25.1 Å². The Balaban J connectivity index is 1.23. The van der Waals surface area contributed by atoms with Crippen molar-refractivity contribution in [1.82, 2.24) is 2.78 Å². The van der Waals surface area contributed by atoms with Crippen molar-refractivity contribution in [3.63, 3.8) is 0 Å². The molecule has 0 spiro atoms. The summed E-state index contributed by atoms with van der Waals surface area (Å²) in [5, 5.41) is 8.58. The van der Waals surface area contributed by atoms with Gasteiger partial charge in [-0.15, -0.1) is 0 Å². The average molecular weight is 593 g/mol. The second-order valence-corrected chi connectivity index (χ2v) is 11.3. The number of nitrogens with one attached hydrogen (secondary N) is 1. The Kier molecular flexibility index (Phi) is 5.43. The molecule has 37 heavy (non-hydrogen) atoms. The normalized spacial score (nSPS) is 11.8. The minimum absolute atomic E-state index is 0.0744. The number of halogens is 1. The van der Waals surface area contributed by atoms with E-state index in [1.807, 2.05) is 0 Å². The molecule has 0 unspecified atom stereocenters. The number of nitrogens with zero attached hydrogens (tertiary/aromatic N) is 1. The van der Waals surface area contributed by atoms with E-state index in [9.17, 15) is 0 Å². The van der Waals surface area contributed by atoms with Crippen molar-refractivity contribution in [2.24, 2.45) is 0 Å². The minimum atomic E-state index is -0.0744. The molecule has 0 aliphatic carbocycles. The molecule has 0 aliphatic rings. The van der Waals surface area contributed by atoms with E-state index in [0.717, 1.165) is 34.3 Å². The van der Waals surface area contributed by atoms with Crippen LogP contribution in [0, 0.1) is 0 Å². The van der Waals surface area contributed by atoms with E-state index in [1.165, 1.54) is 43.9 Å². The van der Waals surface area contributed by atoms with Crippen LogP contribution < -0.4 is 26.8 Å². The first kappa shape index (κ1) is 22.4. The molecule has 0 saturated heterocycles. The van der Waals surface area contributed by atoms with Gasteiger partial charge in [0.05, 0.1) is 0 Å². The molecule has 0 bridgehead atoms. The second kappa shape index (κ2) is 8.96. The smallest absolute Gasteiger partial charge is 0.0593 e. The van der Waals surface area contributed by atoms with Crippen LogP contribution in [0.25, 0.3) is 54.9 Å². The molecular formula is C33H26IN2O-. The second-order valence-electron chi connectivity index (χ2n) is 9.37. The van der Waals surface area contributed by atoms with Crippen LogP contribution in [0.4, 0.5) is 11.4 Å². The molecule has 7 aromatic rings. The first-order valence-electron chi connectivity index (χ1n) is 12.6. The van der Waals surface area contributed by atoms with Crippen molar-refractivity contribution >= 4 is 55.1 Å². The molecule has 7 rings (SSSR count). The molecule has 1 N–H and O–H groups in total. The summed E-state index contributed by atoms with van der Waals surface area (Å²) in [4.78, 5) is 2.32. The molecule has 182 valence electrons. The molecule has 0 atom stereocenters. The standard InChI is InChI=1S/C33H26IN2O/c1-3-21-11-18-32-28(19-21)26-8-6-9-29(33(26)37-32)35-24-15-12-22(13-16-24)23-14-17-31-27(20-23)25-7-4-5-10-30(25)36(31)34-2/h4-20,35H,3H2,1-2H3/q-1. The van der Waals surface area contributed by atoms with Gasteiger partial charge in [-0.25, -0.2) is 0 Å². The van der Waals surface area contributed by atoms with Gasteiger partial charge < -0.3 is 4.42 Å². The molecule has 0 amide bonds. The fourth-order valence-corrected chi connectivity index (χ4v) is 7.23. The van der Waals surface area contributed by atoms with Crippen LogP contribution in [0.1, 0.15) is 12.5 Å². The third-order valence-electron chi connectivity index (χ3n) is 7.25. The van der Waals surface area contributed by atoms with Crippen LogP contribution in [0.15, 0.2) is 108 Å². The predicted octanol–water partition coefficient (Wildman–Crippen LogP) is 6.15. The van der Waals surface area contributed by atoms with E-state index in [4.69, 9.17) is 4.42 Å².